The lowest BCUT2D eigenvalue weighted by Crippen LogP contribution is -2.59. The van der Waals surface area contributed by atoms with E-state index in [1.54, 1.807) is 6.92 Å². The molecule has 0 radical (unpaired) electrons. The van der Waals surface area contributed by atoms with Gasteiger partial charge in [-0.2, -0.15) is 0 Å². The zero-order valence-electron chi connectivity index (χ0n) is 11.5. The second-order valence-electron chi connectivity index (χ2n) is 5.63. The van der Waals surface area contributed by atoms with E-state index in [9.17, 15) is 9.90 Å². The first-order valence-electron chi connectivity index (χ1n) is 6.61. The third-order valence-electron chi connectivity index (χ3n) is 3.81. The van der Waals surface area contributed by atoms with Gasteiger partial charge in [-0.15, -0.1) is 0 Å². The summed E-state index contributed by atoms with van der Waals surface area (Å²) >= 11 is 0. The summed E-state index contributed by atoms with van der Waals surface area (Å²) in [5.74, 6) is -0.0874. The number of rotatable bonds is 5. The molecule has 0 saturated carbocycles. The Morgan fingerprint density at radius 1 is 1.47 bits per heavy atom. The van der Waals surface area contributed by atoms with Crippen LogP contribution in [-0.2, 0) is 4.79 Å². The van der Waals surface area contributed by atoms with Gasteiger partial charge in [0.15, 0.2) is 0 Å². The van der Waals surface area contributed by atoms with Crippen molar-refractivity contribution in [2.75, 3.05) is 19.6 Å². The molecule has 0 aromatic heterocycles. The summed E-state index contributed by atoms with van der Waals surface area (Å²) in [6, 6.07) is 0.489. The van der Waals surface area contributed by atoms with E-state index in [4.69, 9.17) is 0 Å². The van der Waals surface area contributed by atoms with E-state index >= 15 is 0 Å². The Balaban J connectivity index is 2.68. The topological polar surface area (TPSA) is 52.6 Å². The molecule has 0 bridgehead atoms. The van der Waals surface area contributed by atoms with Crippen molar-refractivity contribution < 1.29 is 9.90 Å². The highest BCUT2D eigenvalue weighted by molar-refractivity contribution is 5.78. The maximum Gasteiger partial charge on any atom is 0.324 e. The van der Waals surface area contributed by atoms with Crippen LogP contribution < -0.4 is 5.32 Å². The van der Waals surface area contributed by atoms with Crippen molar-refractivity contribution in [3.63, 3.8) is 0 Å². The third-order valence-corrected chi connectivity index (χ3v) is 3.81. The zero-order chi connectivity index (χ0) is 13.1. The quantitative estimate of drug-likeness (QED) is 0.768. The molecule has 1 heterocycles. The van der Waals surface area contributed by atoms with Gasteiger partial charge in [0.05, 0.1) is 0 Å². The molecule has 17 heavy (non-hydrogen) atoms. The van der Waals surface area contributed by atoms with Crippen molar-refractivity contribution in [3.8, 4) is 0 Å². The number of carboxylic acids is 1. The van der Waals surface area contributed by atoms with Gasteiger partial charge in [-0.3, -0.25) is 9.69 Å². The van der Waals surface area contributed by atoms with E-state index in [0.29, 0.717) is 25.0 Å². The summed E-state index contributed by atoms with van der Waals surface area (Å²) in [6.07, 6.45) is 2.42. The molecule has 1 aliphatic heterocycles. The summed E-state index contributed by atoms with van der Waals surface area (Å²) in [5, 5.41) is 12.5. The summed E-state index contributed by atoms with van der Waals surface area (Å²) < 4.78 is 0. The molecule has 4 heteroatoms. The first-order chi connectivity index (χ1) is 7.89. The van der Waals surface area contributed by atoms with Crippen LogP contribution in [0.25, 0.3) is 0 Å². The van der Waals surface area contributed by atoms with Crippen LogP contribution in [0.15, 0.2) is 0 Å². The highest BCUT2D eigenvalue weighted by Gasteiger charge is 2.36. The van der Waals surface area contributed by atoms with Crippen LogP contribution >= 0.6 is 0 Å². The van der Waals surface area contributed by atoms with Crippen LogP contribution in [0.5, 0.6) is 0 Å². The summed E-state index contributed by atoms with van der Waals surface area (Å²) in [4.78, 5) is 13.7. The van der Waals surface area contributed by atoms with Crippen LogP contribution in [0.2, 0.25) is 0 Å². The lowest BCUT2D eigenvalue weighted by atomic mass is 9.92. The van der Waals surface area contributed by atoms with Crippen LogP contribution in [0.4, 0.5) is 0 Å². The molecule has 3 unspecified atom stereocenters. The SMILES string of the molecule is CCNC(C)(CN1CC(C)CCC1C)C(=O)O. The molecule has 0 amide bonds. The van der Waals surface area contributed by atoms with Gasteiger partial charge in [0.1, 0.15) is 5.54 Å². The largest absolute Gasteiger partial charge is 0.480 e. The minimum Gasteiger partial charge on any atom is -0.480 e. The fourth-order valence-corrected chi connectivity index (χ4v) is 2.60. The number of hydrogen-bond acceptors (Lipinski definition) is 3. The average molecular weight is 242 g/mol. The minimum atomic E-state index is -0.833. The standard InChI is InChI=1S/C13H26N2O2/c1-5-14-13(4,12(16)17)9-15-8-10(2)6-7-11(15)3/h10-11,14H,5-9H2,1-4H3,(H,16,17). The monoisotopic (exact) mass is 242 g/mol. The van der Waals surface area contributed by atoms with E-state index in [1.165, 1.54) is 12.8 Å². The molecule has 0 aromatic carbocycles. The fraction of sp³-hybridized carbons (Fsp3) is 0.923. The van der Waals surface area contributed by atoms with Crippen molar-refractivity contribution in [1.29, 1.82) is 0 Å². The van der Waals surface area contributed by atoms with E-state index in [-0.39, 0.29) is 0 Å². The van der Waals surface area contributed by atoms with Crippen molar-refractivity contribution in [3.05, 3.63) is 0 Å². The molecule has 0 aromatic rings. The molecule has 0 spiro atoms. The van der Waals surface area contributed by atoms with Crippen molar-refractivity contribution in [1.82, 2.24) is 10.2 Å². The molecule has 0 aliphatic carbocycles. The molecule has 4 nitrogen and oxygen atoms in total. The number of hydrogen-bond donors (Lipinski definition) is 2. The van der Waals surface area contributed by atoms with Crippen LogP contribution in [-0.4, -0.2) is 47.2 Å². The molecule has 1 fully saturated rings. The van der Waals surface area contributed by atoms with Crippen LogP contribution in [0, 0.1) is 5.92 Å². The summed E-state index contributed by atoms with van der Waals surface area (Å²) in [6.45, 7) is 10.4. The number of likely N-dealkylation sites (tertiary alicyclic amines) is 1. The number of carbonyl (C=O) groups is 1. The smallest absolute Gasteiger partial charge is 0.324 e. The predicted octanol–water partition coefficient (Wildman–Crippen LogP) is 1.56. The van der Waals surface area contributed by atoms with Gasteiger partial charge in [-0.25, -0.2) is 0 Å². The lowest BCUT2D eigenvalue weighted by molar-refractivity contribution is -0.145. The predicted molar refractivity (Wildman–Crippen MR) is 69.2 cm³/mol. The second kappa shape index (κ2) is 5.83. The highest BCUT2D eigenvalue weighted by Crippen LogP contribution is 2.23. The first-order valence-corrected chi connectivity index (χ1v) is 6.61. The van der Waals surface area contributed by atoms with Crippen LogP contribution in [0.1, 0.15) is 40.5 Å². The van der Waals surface area contributed by atoms with Gasteiger partial charge in [0.25, 0.3) is 0 Å². The fourth-order valence-electron chi connectivity index (χ4n) is 2.60. The summed E-state index contributed by atoms with van der Waals surface area (Å²) in [5.41, 5.74) is -0.833. The Hall–Kier alpha value is -0.610. The van der Waals surface area contributed by atoms with Crippen LogP contribution in [0.3, 0.4) is 0 Å². The van der Waals surface area contributed by atoms with E-state index in [0.717, 1.165) is 6.54 Å². The third kappa shape index (κ3) is 3.68. The second-order valence-corrected chi connectivity index (χ2v) is 5.63. The van der Waals surface area contributed by atoms with Gasteiger partial charge in [0, 0.05) is 19.1 Å². The molecule has 2 N–H and O–H groups in total. The number of carboxylic acid groups (broad SMARTS) is 1. The van der Waals surface area contributed by atoms with Gasteiger partial charge >= 0.3 is 5.97 Å². The van der Waals surface area contributed by atoms with Crippen molar-refractivity contribution >= 4 is 5.97 Å². The molecular formula is C13H26N2O2. The Bertz CT molecular complexity index is 270. The number of nitrogens with one attached hydrogen (secondary N) is 1. The highest BCUT2D eigenvalue weighted by atomic mass is 16.4. The number of aliphatic carboxylic acids is 1. The Morgan fingerprint density at radius 2 is 2.12 bits per heavy atom. The number of piperidine rings is 1. The van der Waals surface area contributed by atoms with Gasteiger partial charge in [-0.1, -0.05) is 13.8 Å². The molecule has 3 atom stereocenters. The van der Waals surface area contributed by atoms with Gasteiger partial charge < -0.3 is 10.4 Å². The minimum absolute atomic E-state index is 0.489. The molecular weight excluding hydrogens is 216 g/mol. The zero-order valence-corrected chi connectivity index (χ0v) is 11.5. The van der Waals surface area contributed by atoms with E-state index in [1.807, 2.05) is 6.92 Å². The normalized spacial score (nSPS) is 29.9. The van der Waals surface area contributed by atoms with Crippen molar-refractivity contribution in [2.24, 2.45) is 5.92 Å². The number of nitrogens with zero attached hydrogens (tertiary/aromatic N) is 1. The lowest BCUT2D eigenvalue weighted by Gasteiger charge is -2.41. The molecule has 1 saturated heterocycles. The molecule has 1 aliphatic rings. The van der Waals surface area contributed by atoms with E-state index in [2.05, 4.69) is 24.1 Å². The maximum absolute atomic E-state index is 11.4. The number of likely N-dealkylation sites (N-methyl/N-ethyl adjacent to an activating group) is 1. The van der Waals surface area contributed by atoms with Gasteiger partial charge in [0.2, 0.25) is 0 Å². The molecule has 100 valence electrons. The first kappa shape index (κ1) is 14.5. The van der Waals surface area contributed by atoms with E-state index < -0.39 is 11.5 Å². The Labute approximate surface area is 104 Å². The van der Waals surface area contributed by atoms with Crippen molar-refractivity contribution in [2.45, 2.75) is 52.1 Å². The Morgan fingerprint density at radius 3 is 2.65 bits per heavy atom. The molecule has 1 rings (SSSR count). The van der Waals surface area contributed by atoms with Gasteiger partial charge in [-0.05, 0) is 39.2 Å². The maximum atomic E-state index is 11.4. The average Bonchev–Trinajstić information content (AvgIpc) is 2.23. The summed E-state index contributed by atoms with van der Waals surface area (Å²) in [7, 11) is 0. The Kier molecular flexibility index (Phi) is 4.95.